The van der Waals surface area contributed by atoms with Crippen molar-refractivity contribution in [2.45, 2.75) is 62.8 Å². The molecule has 1 aromatic carbocycles. The third-order valence-corrected chi connectivity index (χ3v) is 5.13. The number of aryl methyl sites for hydroxylation is 2. The van der Waals surface area contributed by atoms with Gasteiger partial charge in [0.2, 0.25) is 5.88 Å². The van der Waals surface area contributed by atoms with E-state index in [-0.39, 0.29) is 17.4 Å². The number of benzene rings is 1. The predicted octanol–water partition coefficient (Wildman–Crippen LogP) is 4.72. The Kier molecular flexibility index (Phi) is 4.47. The number of rotatable bonds is 4. The van der Waals surface area contributed by atoms with E-state index in [1.54, 1.807) is 11.8 Å². The highest BCUT2D eigenvalue weighted by Gasteiger charge is 2.34. The second-order valence-electron chi connectivity index (χ2n) is 7.41. The number of esters is 1. The van der Waals surface area contributed by atoms with Gasteiger partial charge in [0, 0.05) is 4.90 Å². The smallest absolute Gasteiger partial charge is 0.315 e. The van der Waals surface area contributed by atoms with E-state index in [0.29, 0.717) is 5.88 Å². The van der Waals surface area contributed by atoms with Crippen molar-refractivity contribution in [2.75, 3.05) is 0 Å². The van der Waals surface area contributed by atoms with Crippen molar-refractivity contribution in [1.82, 2.24) is 9.78 Å². The maximum atomic E-state index is 12.2. The minimum Gasteiger partial charge on any atom is -0.406 e. The number of hydrogen-bond acceptors (Lipinski definition) is 4. The fourth-order valence-electron chi connectivity index (χ4n) is 2.38. The molecule has 24 heavy (non-hydrogen) atoms. The second-order valence-corrected chi connectivity index (χ2v) is 8.50. The molecule has 0 aliphatic heterocycles. The van der Waals surface area contributed by atoms with E-state index in [0.717, 1.165) is 28.3 Å². The van der Waals surface area contributed by atoms with Gasteiger partial charge in [0.05, 0.1) is 22.0 Å². The van der Waals surface area contributed by atoms with Crippen LogP contribution in [0.3, 0.4) is 0 Å². The molecule has 1 heterocycles. The Labute approximate surface area is 147 Å². The van der Waals surface area contributed by atoms with Gasteiger partial charge >= 0.3 is 5.97 Å². The summed E-state index contributed by atoms with van der Waals surface area (Å²) in [5.74, 6) is 0.500. The lowest BCUT2D eigenvalue weighted by molar-refractivity contribution is -0.136. The van der Waals surface area contributed by atoms with Gasteiger partial charge in [-0.05, 0) is 59.6 Å². The molecule has 0 spiro atoms. The zero-order chi connectivity index (χ0) is 17.5. The van der Waals surface area contributed by atoms with Crippen molar-refractivity contribution >= 4 is 17.7 Å². The number of carbonyl (C=O) groups excluding carboxylic acids is 1. The molecule has 2 aromatic rings. The molecule has 0 amide bonds. The third kappa shape index (κ3) is 3.66. The Morgan fingerprint density at radius 3 is 2.38 bits per heavy atom. The van der Waals surface area contributed by atoms with Crippen LogP contribution in [0.4, 0.5) is 0 Å². The van der Waals surface area contributed by atoms with Gasteiger partial charge in [-0.15, -0.1) is 0 Å². The van der Waals surface area contributed by atoms with Crippen LogP contribution in [-0.4, -0.2) is 15.7 Å². The third-order valence-electron chi connectivity index (χ3n) is 3.95. The van der Waals surface area contributed by atoms with Gasteiger partial charge in [0.1, 0.15) is 0 Å². The van der Waals surface area contributed by atoms with Crippen LogP contribution in [0.5, 0.6) is 5.88 Å². The van der Waals surface area contributed by atoms with Gasteiger partial charge < -0.3 is 4.74 Å². The van der Waals surface area contributed by atoms with Crippen LogP contribution >= 0.6 is 11.8 Å². The molecular weight excluding hydrogens is 320 g/mol. The molecule has 4 nitrogen and oxygen atoms in total. The lowest BCUT2D eigenvalue weighted by Crippen LogP contribution is -2.25. The highest BCUT2D eigenvalue weighted by atomic mass is 32.2. The van der Waals surface area contributed by atoms with E-state index in [1.165, 1.54) is 5.56 Å². The van der Waals surface area contributed by atoms with Crippen LogP contribution in [0, 0.1) is 19.8 Å². The first-order valence-corrected chi connectivity index (χ1v) is 9.13. The SMILES string of the molecule is Cc1ccc(Sc2c(C)nn(C(C)(C)C)c2OC(=O)C2CC2)cc1. The molecule has 1 fully saturated rings. The average molecular weight is 344 g/mol. The maximum Gasteiger partial charge on any atom is 0.315 e. The molecule has 1 saturated carbocycles. The maximum absolute atomic E-state index is 12.2. The summed E-state index contributed by atoms with van der Waals surface area (Å²) < 4.78 is 7.62. The van der Waals surface area contributed by atoms with Crippen molar-refractivity contribution in [3.63, 3.8) is 0 Å². The summed E-state index contributed by atoms with van der Waals surface area (Å²) >= 11 is 1.60. The summed E-state index contributed by atoms with van der Waals surface area (Å²) in [6, 6.07) is 8.34. The first-order valence-electron chi connectivity index (χ1n) is 8.32. The molecule has 0 N–H and O–H groups in total. The average Bonchev–Trinajstić information content (AvgIpc) is 3.29. The minimum absolute atomic E-state index is 0.0610. The van der Waals surface area contributed by atoms with E-state index in [9.17, 15) is 4.79 Å². The first kappa shape index (κ1) is 17.1. The van der Waals surface area contributed by atoms with Gasteiger partial charge in [-0.2, -0.15) is 5.10 Å². The van der Waals surface area contributed by atoms with E-state index in [4.69, 9.17) is 4.74 Å². The van der Waals surface area contributed by atoms with Crippen LogP contribution in [-0.2, 0) is 10.3 Å². The van der Waals surface area contributed by atoms with Crippen LogP contribution < -0.4 is 4.74 Å². The molecule has 0 unspecified atom stereocenters. The highest BCUT2D eigenvalue weighted by Crippen LogP contribution is 2.41. The summed E-state index contributed by atoms with van der Waals surface area (Å²) in [5, 5.41) is 4.65. The van der Waals surface area contributed by atoms with Crippen molar-refractivity contribution in [1.29, 1.82) is 0 Å². The molecule has 1 aromatic heterocycles. The number of ether oxygens (including phenoxy) is 1. The lowest BCUT2D eigenvalue weighted by atomic mass is 10.1. The molecule has 0 saturated heterocycles. The predicted molar refractivity (Wildman–Crippen MR) is 95.6 cm³/mol. The van der Waals surface area contributed by atoms with Crippen LogP contribution in [0.15, 0.2) is 34.1 Å². The monoisotopic (exact) mass is 344 g/mol. The molecule has 5 heteroatoms. The van der Waals surface area contributed by atoms with E-state index in [2.05, 4.69) is 57.1 Å². The fraction of sp³-hybridized carbons (Fsp3) is 0.474. The Morgan fingerprint density at radius 1 is 1.21 bits per heavy atom. The molecule has 1 aliphatic rings. The van der Waals surface area contributed by atoms with Gasteiger partial charge in [-0.3, -0.25) is 4.79 Å². The summed E-state index contributed by atoms with van der Waals surface area (Å²) in [4.78, 5) is 14.3. The summed E-state index contributed by atoms with van der Waals surface area (Å²) in [5.41, 5.74) is 1.85. The molecule has 0 bridgehead atoms. The second kappa shape index (κ2) is 6.28. The number of nitrogens with zero attached hydrogens (tertiary/aromatic N) is 2. The normalized spacial score (nSPS) is 14.7. The minimum atomic E-state index is -0.254. The molecule has 0 atom stereocenters. The van der Waals surface area contributed by atoms with E-state index >= 15 is 0 Å². The molecule has 1 aliphatic carbocycles. The number of hydrogen-bond donors (Lipinski definition) is 0. The van der Waals surface area contributed by atoms with Gasteiger partial charge in [0.15, 0.2) is 0 Å². The van der Waals surface area contributed by atoms with Crippen molar-refractivity contribution in [3.05, 3.63) is 35.5 Å². The van der Waals surface area contributed by atoms with Gasteiger partial charge in [-0.1, -0.05) is 29.5 Å². The Bertz CT molecular complexity index is 753. The number of carbonyl (C=O) groups is 1. The van der Waals surface area contributed by atoms with Gasteiger partial charge in [0.25, 0.3) is 0 Å². The lowest BCUT2D eigenvalue weighted by Gasteiger charge is -2.22. The first-order chi connectivity index (χ1) is 11.3. The molecular formula is C19H24N2O2S. The zero-order valence-corrected chi connectivity index (χ0v) is 15.7. The number of aromatic nitrogens is 2. The molecule has 128 valence electrons. The quantitative estimate of drug-likeness (QED) is 0.753. The highest BCUT2D eigenvalue weighted by molar-refractivity contribution is 7.99. The summed E-state index contributed by atoms with van der Waals surface area (Å²) in [6.07, 6.45) is 1.86. The largest absolute Gasteiger partial charge is 0.406 e. The van der Waals surface area contributed by atoms with Crippen LogP contribution in [0.25, 0.3) is 0 Å². The molecule has 3 rings (SSSR count). The van der Waals surface area contributed by atoms with E-state index in [1.807, 2.05) is 11.6 Å². The summed E-state index contributed by atoms with van der Waals surface area (Å²) in [7, 11) is 0. The van der Waals surface area contributed by atoms with Crippen LogP contribution in [0.1, 0.15) is 44.9 Å². The Balaban J connectivity index is 1.98. The van der Waals surface area contributed by atoms with Crippen LogP contribution in [0.2, 0.25) is 0 Å². The van der Waals surface area contributed by atoms with Gasteiger partial charge in [-0.25, -0.2) is 4.68 Å². The zero-order valence-electron chi connectivity index (χ0n) is 14.9. The topological polar surface area (TPSA) is 44.1 Å². The summed E-state index contributed by atoms with van der Waals surface area (Å²) in [6.45, 7) is 10.2. The van der Waals surface area contributed by atoms with Crippen molar-refractivity contribution in [3.8, 4) is 5.88 Å². The van der Waals surface area contributed by atoms with Crippen molar-refractivity contribution < 1.29 is 9.53 Å². The Morgan fingerprint density at radius 2 is 1.83 bits per heavy atom. The molecule has 0 radical (unpaired) electrons. The standard InChI is InChI=1S/C19H24N2O2S/c1-12-6-10-15(11-7-12)24-16-13(2)20-21(19(3,4)5)17(16)23-18(22)14-8-9-14/h6-7,10-11,14H,8-9H2,1-5H3. The fourth-order valence-corrected chi connectivity index (χ4v) is 3.29. The van der Waals surface area contributed by atoms with E-state index < -0.39 is 0 Å². The Hall–Kier alpha value is -1.75. The van der Waals surface area contributed by atoms with Crippen molar-refractivity contribution in [2.24, 2.45) is 5.92 Å².